The second-order valence-corrected chi connectivity index (χ2v) is 7.53. The monoisotopic (exact) mass is 369 g/mol. The molecule has 1 aromatic carbocycles. The molecule has 6 nitrogen and oxygen atoms in total. The van der Waals surface area contributed by atoms with Crippen LogP contribution < -0.4 is 0 Å². The van der Waals surface area contributed by atoms with Crippen molar-refractivity contribution < 1.29 is 24.2 Å². The Kier molecular flexibility index (Phi) is 4.68. The van der Waals surface area contributed by atoms with Gasteiger partial charge in [0.15, 0.2) is 5.76 Å². The Morgan fingerprint density at radius 3 is 2.44 bits per heavy atom. The number of aliphatic hydroxyl groups is 1. The molecule has 0 aromatic heterocycles. The number of carbonyl (C=O) groups is 2. The molecule has 1 N–H and O–H groups in total. The third kappa shape index (κ3) is 3.27. The zero-order chi connectivity index (χ0) is 19.8. The Morgan fingerprint density at radius 2 is 1.93 bits per heavy atom. The standard InChI is InChI=1S/C21H23NO5/c1-13(23)27-21(15-11-8-12-26-15)18(22-20(2,3)4)16(19(21)25)17(24)14-9-6-5-7-10-14/h5-7,9-11,24H,8,12H2,1-4H3/b17-16+,22-18?. The van der Waals surface area contributed by atoms with Crippen molar-refractivity contribution in [1.29, 1.82) is 0 Å². The SMILES string of the molecule is CC(=O)OC1(C2=CCCO2)C(=O)/C(=C(/O)c2ccccc2)C1=NC(C)(C)C. The van der Waals surface area contributed by atoms with Crippen LogP contribution in [0.5, 0.6) is 0 Å². The smallest absolute Gasteiger partial charge is 0.304 e. The highest BCUT2D eigenvalue weighted by Crippen LogP contribution is 2.45. The number of aliphatic hydroxyl groups excluding tert-OH is 1. The molecule has 1 atom stereocenters. The molecule has 6 heteroatoms. The molecular formula is C21H23NO5. The van der Waals surface area contributed by atoms with Gasteiger partial charge in [-0.3, -0.25) is 14.6 Å². The molecule has 1 aliphatic carbocycles. The van der Waals surface area contributed by atoms with Crippen LogP contribution in [0.3, 0.4) is 0 Å². The van der Waals surface area contributed by atoms with Gasteiger partial charge in [-0.2, -0.15) is 0 Å². The Bertz CT molecular complexity index is 874. The van der Waals surface area contributed by atoms with Gasteiger partial charge in [-0.1, -0.05) is 30.3 Å². The van der Waals surface area contributed by atoms with E-state index in [9.17, 15) is 14.7 Å². The van der Waals surface area contributed by atoms with E-state index in [2.05, 4.69) is 4.99 Å². The second kappa shape index (κ2) is 6.68. The van der Waals surface area contributed by atoms with Gasteiger partial charge < -0.3 is 14.6 Å². The summed E-state index contributed by atoms with van der Waals surface area (Å²) in [5, 5.41) is 10.8. The Labute approximate surface area is 158 Å². The number of hydrogen-bond acceptors (Lipinski definition) is 6. The van der Waals surface area contributed by atoms with Crippen molar-refractivity contribution in [2.45, 2.75) is 45.3 Å². The normalized spacial score (nSPS) is 25.6. The molecule has 1 heterocycles. The largest absolute Gasteiger partial charge is 0.506 e. The van der Waals surface area contributed by atoms with E-state index < -0.39 is 22.9 Å². The van der Waals surface area contributed by atoms with E-state index >= 15 is 0 Å². The van der Waals surface area contributed by atoms with Crippen molar-refractivity contribution in [3.05, 3.63) is 53.3 Å². The molecule has 1 unspecified atom stereocenters. The summed E-state index contributed by atoms with van der Waals surface area (Å²) in [6.45, 7) is 7.23. The Hall–Kier alpha value is -2.89. The zero-order valence-corrected chi connectivity index (χ0v) is 15.9. The van der Waals surface area contributed by atoms with Crippen molar-refractivity contribution in [2.75, 3.05) is 6.61 Å². The number of ketones is 1. The lowest BCUT2D eigenvalue weighted by molar-refractivity contribution is -0.158. The van der Waals surface area contributed by atoms with Gasteiger partial charge in [-0.15, -0.1) is 0 Å². The third-order valence-electron chi connectivity index (χ3n) is 4.20. The van der Waals surface area contributed by atoms with Crippen LogP contribution in [-0.2, 0) is 19.1 Å². The fourth-order valence-electron chi connectivity index (χ4n) is 3.19. The van der Waals surface area contributed by atoms with Crippen LogP contribution in [0.25, 0.3) is 5.76 Å². The number of aliphatic imine (C=N–C) groups is 1. The quantitative estimate of drug-likeness (QED) is 0.501. The summed E-state index contributed by atoms with van der Waals surface area (Å²) in [6.07, 6.45) is 2.34. The maximum Gasteiger partial charge on any atom is 0.304 e. The van der Waals surface area contributed by atoms with Gasteiger partial charge >= 0.3 is 5.97 Å². The molecule has 2 aliphatic rings. The van der Waals surface area contributed by atoms with Gasteiger partial charge in [-0.25, -0.2) is 0 Å². The average molecular weight is 369 g/mol. The first-order chi connectivity index (χ1) is 12.7. The highest BCUT2D eigenvalue weighted by Gasteiger charge is 2.65. The molecule has 3 rings (SSSR count). The lowest BCUT2D eigenvalue weighted by Gasteiger charge is -2.43. The van der Waals surface area contributed by atoms with Crippen LogP contribution in [0.1, 0.15) is 39.7 Å². The van der Waals surface area contributed by atoms with Gasteiger partial charge in [-0.05, 0) is 26.8 Å². The van der Waals surface area contributed by atoms with Crippen LogP contribution in [0.15, 0.2) is 52.7 Å². The van der Waals surface area contributed by atoms with E-state index in [1.54, 1.807) is 30.3 Å². The molecular weight excluding hydrogens is 346 g/mol. The van der Waals surface area contributed by atoms with Gasteiger partial charge in [0, 0.05) is 18.9 Å². The first-order valence-corrected chi connectivity index (χ1v) is 8.84. The van der Waals surface area contributed by atoms with Gasteiger partial charge in [0.1, 0.15) is 11.5 Å². The van der Waals surface area contributed by atoms with Crippen LogP contribution in [0.2, 0.25) is 0 Å². The Balaban J connectivity index is 2.22. The average Bonchev–Trinajstić information content (AvgIpc) is 3.13. The number of carbonyl (C=O) groups excluding carboxylic acids is 2. The minimum absolute atomic E-state index is 0.0498. The van der Waals surface area contributed by atoms with E-state index in [1.807, 2.05) is 26.8 Å². The Morgan fingerprint density at radius 1 is 1.26 bits per heavy atom. The van der Waals surface area contributed by atoms with Gasteiger partial charge in [0.2, 0.25) is 5.78 Å². The summed E-state index contributed by atoms with van der Waals surface area (Å²) < 4.78 is 11.1. The highest BCUT2D eigenvalue weighted by molar-refractivity contribution is 6.50. The van der Waals surface area contributed by atoms with Crippen molar-refractivity contribution in [1.82, 2.24) is 0 Å². The molecule has 1 fully saturated rings. The topological polar surface area (TPSA) is 85.2 Å². The van der Waals surface area contributed by atoms with Crippen molar-refractivity contribution >= 4 is 23.2 Å². The number of benzene rings is 1. The molecule has 0 radical (unpaired) electrons. The summed E-state index contributed by atoms with van der Waals surface area (Å²) in [6, 6.07) is 8.73. The fraction of sp³-hybridized carbons (Fsp3) is 0.381. The number of rotatable bonds is 3. The number of esters is 1. The molecule has 142 valence electrons. The summed E-state index contributed by atoms with van der Waals surface area (Å²) in [5.41, 5.74) is -1.55. The minimum atomic E-state index is -1.73. The molecule has 0 bridgehead atoms. The molecule has 0 spiro atoms. The predicted octanol–water partition coefficient (Wildman–Crippen LogP) is 3.38. The number of ether oxygens (including phenoxy) is 2. The van der Waals surface area contributed by atoms with Gasteiger partial charge in [0.05, 0.1) is 17.7 Å². The minimum Gasteiger partial charge on any atom is -0.506 e. The molecule has 1 aromatic rings. The summed E-state index contributed by atoms with van der Waals surface area (Å²) >= 11 is 0. The maximum atomic E-state index is 13.2. The van der Waals surface area contributed by atoms with E-state index in [0.717, 1.165) is 0 Å². The summed E-state index contributed by atoms with van der Waals surface area (Å²) in [5.74, 6) is -1.09. The number of hydrogen-bond donors (Lipinski definition) is 1. The van der Waals surface area contributed by atoms with Crippen molar-refractivity contribution in [3.8, 4) is 0 Å². The van der Waals surface area contributed by atoms with Crippen LogP contribution in [0, 0.1) is 0 Å². The number of nitrogens with zero attached hydrogens (tertiary/aromatic N) is 1. The van der Waals surface area contributed by atoms with E-state index in [1.165, 1.54) is 6.92 Å². The first-order valence-electron chi connectivity index (χ1n) is 8.84. The van der Waals surface area contributed by atoms with E-state index in [0.29, 0.717) is 18.6 Å². The highest BCUT2D eigenvalue weighted by atomic mass is 16.6. The van der Waals surface area contributed by atoms with Crippen LogP contribution in [0.4, 0.5) is 0 Å². The lowest BCUT2D eigenvalue weighted by atomic mass is 9.68. The molecule has 0 saturated heterocycles. The van der Waals surface area contributed by atoms with Gasteiger partial charge in [0.25, 0.3) is 5.60 Å². The van der Waals surface area contributed by atoms with E-state index in [4.69, 9.17) is 9.47 Å². The lowest BCUT2D eigenvalue weighted by Crippen LogP contribution is -2.64. The maximum absolute atomic E-state index is 13.2. The molecule has 27 heavy (non-hydrogen) atoms. The van der Waals surface area contributed by atoms with Crippen LogP contribution >= 0.6 is 0 Å². The number of Topliss-reactive ketones (excluding diaryl/α,β-unsaturated/α-hetero) is 1. The summed E-state index contributed by atoms with van der Waals surface area (Å²) in [7, 11) is 0. The zero-order valence-electron chi connectivity index (χ0n) is 15.9. The van der Waals surface area contributed by atoms with E-state index in [-0.39, 0.29) is 22.8 Å². The second-order valence-electron chi connectivity index (χ2n) is 7.53. The first kappa shape index (κ1) is 18.9. The third-order valence-corrected chi connectivity index (χ3v) is 4.20. The molecule has 1 aliphatic heterocycles. The van der Waals surface area contributed by atoms with Crippen molar-refractivity contribution in [2.24, 2.45) is 4.99 Å². The van der Waals surface area contributed by atoms with Crippen molar-refractivity contribution in [3.63, 3.8) is 0 Å². The molecule has 0 amide bonds. The molecule has 1 saturated carbocycles. The fourth-order valence-corrected chi connectivity index (χ4v) is 3.19. The van der Waals surface area contributed by atoms with Crippen LogP contribution in [-0.4, -0.2) is 40.3 Å². The predicted molar refractivity (Wildman–Crippen MR) is 101 cm³/mol. The summed E-state index contributed by atoms with van der Waals surface area (Å²) in [4.78, 5) is 29.7.